The lowest BCUT2D eigenvalue weighted by atomic mass is 10.1. The highest BCUT2D eigenvalue weighted by Crippen LogP contribution is 2.13. The minimum Gasteiger partial charge on any atom is -0.748 e. The van der Waals surface area contributed by atoms with Gasteiger partial charge in [0.2, 0.25) is 0 Å². The molecule has 0 saturated carbocycles. The highest BCUT2D eigenvalue weighted by Gasteiger charge is 2.08. The molecule has 5 nitrogen and oxygen atoms in total. The summed E-state index contributed by atoms with van der Waals surface area (Å²) in [6.07, 6.45) is 1.68. The first-order valence-corrected chi connectivity index (χ1v) is 6.73. The van der Waals surface area contributed by atoms with Crippen LogP contribution in [0.5, 0.6) is 0 Å². The molecule has 0 aliphatic carbocycles. The Bertz CT molecular complexity index is 653. The van der Waals surface area contributed by atoms with Crippen LogP contribution in [0.3, 0.4) is 0 Å². The quantitative estimate of drug-likeness (QED) is 0.584. The summed E-state index contributed by atoms with van der Waals surface area (Å²) in [4.78, 5) is 0. The summed E-state index contributed by atoms with van der Waals surface area (Å²) in [5, 5.41) is 5.27. The molecule has 1 aromatic heterocycles. The predicted octanol–water partition coefficient (Wildman–Crippen LogP) is 0.376. The van der Waals surface area contributed by atoms with Crippen LogP contribution >= 0.6 is 0 Å². The van der Waals surface area contributed by atoms with E-state index in [0.717, 1.165) is 16.5 Å². The van der Waals surface area contributed by atoms with Crippen LogP contribution in [0.1, 0.15) is 5.56 Å². The zero-order valence-electron chi connectivity index (χ0n) is 9.33. The molecule has 1 aromatic carbocycles. The molecule has 2 aromatic rings. The molecule has 0 atom stereocenters. The Morgan fingerprint density at radius 1 is 1.35 bits per heavy atom. The van der Waals surface area contributed by atoms with E-state index in [1.807, 2.05) is 31.2 Å². The van der Waals surface area contributed by atoms with E-state index in [1.165, 1.54) is 4.68 Å². The lowest BCUT2D eigenvalue weighted by molar-refractivity contribution is -0.747. The van der Waals surface area contributed by atoms with Crippen molar-refractivity contribution in [2.24, 2.45) is 0 Å². The van der Waals surface area contributed by atoms with Crippen LogP contribution in [0.2, 0.25) is 0 Å². The van der Waals surface area contributed by atoms with Crippen LogP contribution in [0.25, 0.3) is 10.9 Å². The van der Waals surface area contributed by atoms with Crippen LogP contribution in [-0.2, 0) is 16.7 Å². The molecule has 17 heavy (non-hydrogen) atoms. The SMILES string of the molecule is Cc1cccc2n[n+](CCS(=O)(=O)[O-])ccc12. The number of benzene rings is 1. The number of hydrogen-bond acceptors (Lipinski definition) is 4. The molecule has 0 amide bonds. The monoisotopic (exact) mass is 252 g/mol. The highest BCUT2D eigenvalue weighted by atomic mass is 32.2. The van der Waals surface area contributed by atoms with Crippen LogP contribution in [0.15, 0.2) is 30.5 Å². The summed E-state index contributed by atoms with van der Waals surface area (Å²) >= 11 is 0. The van der Waals surface area contributed by atoms with E-state index in [0.29, 0.717) is 0 Å². The minimum atomic E-state index is -4.19. The van der Waals surface area contributed by atoms with Gasteiger partial charge in [-0.25, -0.2) is 8.42 Å². The van der Waals surface area contributed by atoms with Crippen molar-refractivity contribution < 1.29 is 17.7 Å². The number of aryl methyl sites for hydroxylation is 2. The molecule has 0 radical (unpaired) electrons. The van der Waals surface area contributed by atoms with Gasteiger partial charge in [-0.05, 0) is 18.6 Å². The molecule has 0 saturated heterocycles. The number of fused-ring (bicyclic) bond motifs is 1. The number of aromatic nitrogens is 2. The molecule has 0 fully saturated rings. The van der Waals surface area contributed by atoms with E-state index >= 15 is 0 Å². The van der Waals surface area contributed by atoms with E-state index in [-0.39, 0.29) is 6.54 Å². The van der Waals surface area contributed by atoms with Crippen LogP contribution in [0.4, 0.5) is 0 Å². The molecule has 90 valence electrons. The van der Waals surface area contributed by atoms with E-state index < -0.39 is 15.9 Å². The van der Waals surface area contributed by atoms with Crippen LogP contribution < -0.4 is 4.68 Å². The summed E-state index contributed by atoms with van der Waals surface area (Å²) in [7, 11) is -4.19. The summed E-state index contributed by atoms with van der Waals surface area (Å²) in [6.45, 7) is 2.06. The second-order valence-electron chi connectivity index (χ2n) is 3.85. The lowest BCUT2D eigenvalue weighted by Gasteiger charge is -2.03. The first kappa shape index (κ1) is 11.9. The molecular weight excluding hydrogens is 240 g/mol. The summed E-state index contributed by atoms with van der Waals surface area (Å²) in [6, 6.07) is 7.59. The van der Waals surface area contributed by atoms with Gasteiger partial charge in [0.1, 0.15) is 15.6 Å². The first-order valence-electron chi connectivity index (χ1n) is 5.15. The fraction of sp³-hybridized carbons (Fsp3) is 0.273. The Balaban J connectivity index is 2.32. The van der Waals surface area contributed by atoms with Gasteiger partial charge in [-0.3, -0.25) is 0 Å². The third-order valence-corrected chi connectivity index (χ3v) is 3.20. The smallest absolute Gasteiger partial charge is 0.197 e. The van der Waals surface area contributed by atoms with E-state index in [4.69, 9.17) is 0 Å². The topological polar surface area (TPSA) is 74.0 Å². The molecule has 0 aliphatic heterocycles. The lowest BCUT2D eigenvalue weighted by Crippen LogP contribution is -2.40. The Kier molecular flexibility index (Phi) is 3.08. The van der Waals surface area contributed by atoms with Crippen molar-refractivity contribution in [3.63, 3.8) is 0 Å². The van der Waals surface area contributed by atoms with Gasteiger partial charge in [0.25, 0.3) is 0 Å². The Morgan fingerprint density at radius 3 is 2.82 bits per heavy atom. The molecule has 6 heteroatoms. The molecule has 0 bridgehead atoms. The van der Waals surface area contributed by atoms with E-state index in [2.05, 4.69) is 5.10 Å². The fourth-order valence-corrected chi connectivity index (χ4v) is 2.04. The molecule has 0 aliphatic rings. The second kappa shape index (κ2) is 4.38. The predicted molar refractivity (Wildman–Crippen MR) is 61.2 cm³/mol. The highest BCUT2D eigenvalue weighted by molar-refractivity contribution is 7.85. The average Bonchev–Trinajstić information content (AvgIpc) is 2.26. The normalized spacial score (nSPS) is 11.9. The van der Waals surface area contributed by atoms with Gasteiger partial charge < -0.3 is 4.55 Å². The Morgan fingerprint density at radius 2 is 2.12 bits per heavy atom. The molecule has 0 unspecified atom stereocenters. The Labute approximate surface area is 99.5 Å². The van der Waals surface area contributed by atoms with Crippen LogP contribution in [-0.4, -0.2) is 23.8 Å². The number of hydrogen-bond donors (Lipinski definition) is 0. The van der Waals surface area contributed by atoms with Gasteiger partial charge in [0.05, 0.1) is 5.75 Å². The van der Waals surface area contributed by atoms with Gasteiger partial charge in [0, 0.05) is 16.6 Å². The number of nitrogens with zero attached hydrogens (tertiary/aromatic N) is 2. The summed E-state index contributed by atoms with van der Waals surface area (Å²) in [5.74, 6) is -0.442. The van der Waals surface area contributed by atoms with Crippen molar-refractivity contribution in [2.75, 3.05) is 5.75 Å². The molecule has 2 rings (SSSR count). The molecular formula is C11H12N2O3S. The van der Waals surface area contributed by atoms with Crippen molar-refractivity contribution >= 4 is 21.0 Å². The zero-order valence-corrected chi connectivity index (χ0v) is 10.1. The Hall–Kier alpha value is -1.53. The fourth-order valence-electron chi connectivity index (χ4n) is 1.63. The third-order valence-electron chi connectivity index (χ3n) is 2.52. The maximum Gasteiger partial charge on any atom is 0.197 e. The van der Waals surface area contributed by atoms with Gasteiger partial charge in [-0.1, -0.05) is 16.8 Å². The third kappa shape index (κ3) is 2.98. The molecule has 1 heterocycles. The van der Waals surface area contributed by atoms with Crippen molar-refractivity contribution in [1.29, 1.82) is 0 Å². The summed E-state index contributed by atoms with van der Waals surface area (Å²) in [5.41, 5.74) is 1.90. The van der Waals surface area contributed by atoms with E-state index in [9.17, 15) is 13.0 Å². The van der Waals surface area contributed by atoms with Gasteiger partial charge in [-0.15, -0.1) is 0 Å². The first-order chi connectivity index (χ1) is 7.96. The maximum absolute atomic E-state index is 10.5. The summed E-state index contributed by atoms with van der Waals surface area (Å²) < 4.78 is 33.0. The van der Waals surface area contributed by atoms with Gasteiger partial charge in [0.15, 0.2) is 12.7 Å². The van der Waals surface area contributed by atoms with Crippen molar-refractivity contribution in [3.05, 3.63) is 36.0 Å². The zero-order chi connectivity index (χ0) is 12.5. The van der Waals surface area contributed by atoms with Crippen molar-refractivity contribution in [3.8, 4) is 0 Å². The van der Waals surface area contributed by atoms with Gasteiger partial charge in [-0.2, -0.15) is 0 Å². The van der Waals surface area contributed by atoms with Gasteiger partial charge >= 0.3 is 0 Å². The van der Waals surface area contributed by atoms with Crippen molar-refractivity contribution in [1.82, 2.24) is 5.10 Å². The maximum atomic E-state index is 10.5. The van der Waals surface area contributed by atoms with Crippen LogP contribution in [0, 0.1) is 6.92 Å². The number of rotatable bonds is 3. The second-order valence-corrected chi connectivity index (χ2v) is 5.37. The van der Waals surface area contributed by atoms with E-state index in [1.54, 1.807) is 6.20 Å². The largest absolute Gasteiger partial charge is 0.748 e. The van der Waals surface area contributed by atoms with Crippen molar-refractivity contribution in [2.45, 2.75) is 13.5 Å². The molecule has 0 N–H and O–H groups in total. The molecule has 0 spiro atoms. The standard InChI is InChI=1S/C11H12N2O3S/c1-9-3-2-4-11-10(9)5-6-13(12-11)7-8-17(14,15)16/h2-6H,7-8H2,1H3. The minimum absolute atomic E-state index is 0.0791. The average molecular weight is 252 g/mol.